The zero-order chi connectivity index (χ0) is 22.7. The molecule has 2 aliphatic heterocycles. The molecular weight excluding hydrogens is 434 g/mol. The lowest BCUT2D eigenvalue weighted by Crippen LogP contribution is -2.35. The summed E-state index contributed by atoms with van der Waals surface area (Å²) in [6, 6.07) is 12.0. The van der Waals surface area contributed by atoms with Crippen molar-refractivity contribution < 1.29 is 0 Å². The van der Waals surface area contributed by atoms with Gasteiger partial charge in [-0.3, -0.25) is 9.80 Å². The minimum atomic E-state index is 0.242. The Morgan fingerprint density at radius 1 is 0.647 bits per heavy atom. The van der Waals surface area contributed by atoms with Crippen molar-refractivity contribution in [2.24, 2.45) is 0 Å². The molecule has 0 aliphatic carbocycles. The van der Waals surface area contributed by atoms with Crippen LogP contribution in [0.5, 0.6) is 0 Å². The van der Waals surface area contributed by atoms with Gasteiger partial charge in [-0.15, -0.1) is 10.2 Å². The van der Waals surface area contributed by atoms with Crippen LogP contribution in [-0.2, 0) is 19.8 Å². The zero-order valence-electron chi connectivity index (χ0n) is 18.7. The SMILES string of the molecule is c1cc2nc(c1)-c1nnnn1Cn1nnnc1-c1cccc(n1)CN1CCNCCN(CC1)C2. The van der Waals surface area contributed by atoms with Gasteiger partial charge in [0, 0.05) is 52.4 Å². The van der Waals surface area contributed by atoms with Crippen LogP contribution in [0.2, 0.25) is 0 Å². The maximum atomic E-state index is 4.88. The van der Waals surface area contributed by atoms with Gasteiger partial charge in [0.25, 0.3) is 0 Å². The van der Waals surface area contributed by atoms with Crippen molar-refractivity contribution in [2.75, 3.05) is 39.3 Å². The van der Waals surface area contributed by atoms with E-state index in [9.17, 15) is 0 Å². The van der Waals surface area contributed by atoms with E-state index in [1.807, 2.05) is 24.3 Å². The van der Waals surface area contributed by atoms with Crippen LogP contribution in [0.4, 0.5) is 0 Å². The van der Waals surface area contributed by atoms with E-state index in [0.717, 1.165) is 63.7 Å². The summed E-state index contributed by atoms with van der Waals surface area (Å²) in [5.74, 6) is 1.12. The van der Waals surface area contributed by atoms with Gasteiger partial charge in [-0.1, -0.05) is 12.1 Å². The predicted octanol–water partition coefficient (Wildman–Crippen LogP) is -0.490. The molecular formula is C21H25N13. The Morgan fingerprint density at radius 3 is 1.71 bits per heavy atom. The van der Waals surface area contributed by atoms with Gasteiger partial charge in [0.1, 0.15) is 18.1 Å². The minimum Gasteiger partial charge on any atom is -0.314 e. The molecule has 34 heavy (non-hydrogen) atoms. The molecule has 1 fully saturated rings. The van der Waals surface area contributed by atoms with Crippen molar-refractivity contribution in [1.29, 1.82) is 0 Å². The third kappa shape index (κ3) is 4.40. The van der Waals surface area contributed by atoms with E-state index >= 15 is 0 Å². The molecule has 6 rings (SSSR count). The number of nitrogens with one attached hydrogen (secondary N) is 1. The van der Waals surface area contributed by atoms with Gasteiger partial charge in [0.2, 0.25) is 11.6 Å². The molecule has 6 heterocycles. The van der Waals surface area contributed by atoms with Crippen LogP contribution in [0.3, 0.4) is 0 Å². The highest BCUT2D eigenvalue weighted by atomic mass is 15.6. The number of tetrazole rings is 2. The van der Waals surface area contributed by atoms with Crippen LogP contribution < -0.4 is 5.32 Å². The zero-order valence-corrected chi connectivity index (χ0v) is 18.7. The highest BCUT2D eigenvalue weighted by Crippen LogP contribution is 2.18. The second kappa shape index (κ2) is 9.29. The van der Waals surface area contributed by atoms with Crippen LogP contribution in [0.15, 0.2) is 36.4 Å². The van der Waals surface area contributed by atoms with E-state index in [2.05, 4.69) is 58.3 Å². The van der Waals surface area contributed by atoms with E-state index in [0.29, 0.717) is 23.0 Å². The van der Waals surface area contributed by atoms with E-state index in [1.165, 1.54) is 0 Å². The third-order valence-corrected chi connectivity index (χ3v) is 6.12. The van der Waals surface area contributed by atoms with Gasteiger partial charge in [0.05, 0.1) is 11.4 Å². The number of aromatic nitrogens is 10. The molecule has 13 nitrogen and oxygen atoms in total. The predicted molar refractivity (Wildman–Crippen MR) is 121 cm³/mol. The molecule has 0 aromatic carbocycles. The van der Waals surface area contributed by atoms with Gasteiger partial charge < -0.3 is 5.32 Å². The van der Waals surface area contributed by atoms with E-state index in [1.54, 1.807) is 9.36 Å². The summed E-state index contributed by atoms with van der Waals surface area (Å²) in [6.45, 7) is 7.48. The van der Waals surface area contributed by atoms with Crippen molar-refractivity contribution in [1.82, 2.24) is 65.5 Å². The fourth-order valence-corrected chi connectivity index (χ4v) is 4.36. The van der Waals surface area contributed by atoms with Crippen LogP contribution in [0, 0.1) is 0 Å². The number of nitrogens with zero attached hydrogens (tertiary/aromatic N) is 12. The Labute approximate surface area is 195 Å². The van der Waals surface area contributed by atoms with Crippen LogP contribution >= 0.6 is 0 Å². The first-order valence-corrected chi connectivity index (χ1v) is 11.4. The molecule has 2 atom stereocenters. The standard InChI is InChI=1S/C21H25N13/c1-3-16-13-31-9-7-22-8-10-32(12-11-31)14-17-4-2-6-19(24-17)21-26-28-30-34(21)15-33-20(25-27-29-33)18(5-1)23-16/h1-6,22H,7-15H2. The number of hydrogen-bond donors (Lipinski definition) is 1. The molecule has 1 saturated heterocycles. The van der Waals surface area contributed by atoms with Gasteiger partial charge in [-0.25, -0.2) is 19.3 Å². The fraction of sp³-hybridized carbons (Fsp3) is 0.429. The molecule has 0 amide bonds. The Balaban J connectivity index is 1.44. The van der Waals surface area contributed by atoms with Crippen molar-refractivity contribution >= 4 is 0 Å². The molecule has 6 bridgehead atoms. The van der Waals surface area contributed by atoms with E-state index < -0.39 is 0 Å². The van der Waals surface area contributed by atoms with Gasteiger partial charge in [0.15, 0.2) is 0 Å². The molecule has 1 N–H and O–H groups in total. The molecule has 4 aromatic rings. The summed E-state index contributed by atoms with van der Waals surface area (Å²) < 4.78 is 3.30. The summed E-state index contributed by atoms with van der Waals surface area (Å²) in [6.07, 6.45) is 0. The number of pyridine rings is 2. The van der Waals surface area contributed by atoms with Gasteiger partial charge in [-0.2, -0.15) is 0 Å². The maximum Gasteiger partial charge on any atom is 0.202 e. The van der Waals surface area contributed by atoms with Gasteiger partial charge >= 0.3 is 0 Å². The van der Waals surface area contributed by atoms with Crippen molar-refractivity contribution in [2.45, 2.75) is 19.8 Å². The molecule has 0 spiro atoms. The second-order valence-electron chi connectivity index (χ2n) is 8.48. The average molecular weight is 460 g/mol. The number of rotatable bonds is 0. The van der Waals surface area contributed by atoms with Gasteiger partial charge in [-0.05, 0) is 45.1 Å². The van der Waals surface area contributed by atoms with Crippen molar-refractivity contribution in [3.8, 4) is 23.0 Å². The molecule has 174 valence electrons. The van der Waals surface area contributed by atoms with E-state index in [-0.39, 0.29) is 6.67 Å². The molecule has 13 heteroatoms. The molecule has 2 unspecified atom stereocenters. The molecule has 4 aromatic heterocycles. The largest absolute Gasteiger partial charge is 0.314 e. The highest BCUT2D eigenvalue weighted by Gasteiger charge is 2.19. The fourth-order valence-electron chi connectivity index (χ4n) is 4.36. The van der Waals surface area contributed by atoms with Crippen LogP contribution in [0.1, 0.15) is 11.4 Å². The highest BCUT2D eigenvalue weighted by molar-refractivity contribution is 5.50. The lowest BCUT2D eigenvalue weighted by atomic mass is 10.2. The number of hydrogen-bond acceptors (Lipinski definition) is 11. The summed E-state index contributed by atoms with van der Waals surface area (Å²) >= 11 is 0. The topological polar surface area (TPSA) is 131 Å². The Morgan fingerprint density at radius 2 is 1.18 bits per heavy atom. The lowest BCUT2D eigenvalue weighted by Gasteiger charge is -2.25. The van der Waals surface area contributed by atoms with Crippen molar-refractivity contribution in [3.63, 3.8) is 0 Å². The Hall–Kier alpha value is -3.68. The molecule has 0 saturated carbocycles. The van der Waals surface area contributed by atoms with E-state index in [4.69, 9.17) is 9.97 Å². The summed E-state index contributed by atoms with van der Waals surface area (Å²) in [4.78, 5) is 14.6. The summed E-state index contributed by atoms with van der Waals surface area (Å²) in [5, 5.41) is 28.1. The summed E-state index contributed by atoms with van der Waals surface area (Å²) in [5.41, 5.74) is 3.40. The number of fused-ring (bicyclic) bond motifs is 11. The Bertz CT molecular complexity index is 1170. The lowest BCUT2D eigenvalue weighted by molar-refractivity contribution is 0.207. The molecule has 2 aliphatic rings. The first kappa shape index (κ1) is 20.9. The first-order chi connectivity index (χ1) is 16.8. The molecule has 0 radical (unpaired) electrons. The van der Waals surface area contributed by atoms with Crippen molar-refractivity contribution in [3.05, 3.63) is 47.8 Å². The summed E-state index contributed by atoms with van der Waals surface area (Å²) in [7, 11) is 0. The average Bonchev–Trinajstić information content (AvgIpc) is 3.52. The quantitative estimate of drug-likeness (QED) is 0.365. The second-order valence-corrected chi connectivity index (χ2v) is 8.48. The van der Waals surface area contributed by atoms with Crippen LogP contribution in [-0.4, -0.2) is 99.5 Å². The first-order valence-electron chi connectivity index (χ1n) is 11.4. The Kier molecular flexibility index (Phi) is 5.71. The van der Waals surface area contributed by atoms with Crippen LogP contribution in [0.25, 0.3) is 23.0 Å². The normalized spacial score (nSPS) is 20.9. The minimum absolute atomic E-state index is 0.242. The monoisotopic (exact) mass is 459 g/mol. The smallest absolute Gasteiger partial charge is 0.202 e. The maximum absolute atomic E-state index is 4.88. The third-order valence-electron chi connectivity index (χ3n) is 6.12.